The van der Waals surface area contributed by atoms with Crippen LogP contribution in [0.1, 0.15) is 31.7 Å². The van der Waals surface area contributed by atoms with Gasteiger partial charge in [-0.2, -0.15) is 9.97 Å². The van der Waals surface area contributed by atoms with Crippen molar-refractivity contribution >= 4 is 23.5 Å². The van der Waals surface area contributed by atoms with Crippen LogP contribution in [-0.2, 0) is 16.0 Å². The number of ether oxygens (including phenoxy) is 1. The van der Waals surface area contributed by atoms with Crippen molar-refractivity contribution in [2.45, 2.75) is 32.6 Å². The molecule has 0 spiro atoms. The highest BCUT2D eigenvalue weighted by Crippen LogP contribution is 2.32. The van der Waals surface area contributed by atoms with Gasteiger partial charge in [0.1, 0.15) is 11.6 Å². The quantitative estimate of drug-likeness (QED) is 0.767. The Hall–Kier alpha value is -1.89. The lowest BCUT2D eigenvalue weighted by atomic mass is 10.1. The minimum atomic E-state index is 0.0496. The number of nitrogen functional groups attached to an aromatic ring is 1. The Bertz CT molecular complexity index is 557. The molecular formula is C15H23N5O2. The molecule has 1 aromatic rings. The molecule has 2 aliphatic rings. The number of hydrogen-bond acceptors (Lipinski definition) is 6. The van der Waals surface area contributed by atoms with Crippen LogP contribution >= 0.6 is 0 Å². The molecule has 0 aliphatic carbocycles. The van der Waals surface area contributed by atoms with Gasteiger partial charge in [0, 0.05) is 31.2 Å². The van der Waals surface area contributed by atoms with Gasteiger partial charge in [-0.25, -0.2) is 0 Å². The average Bonchev–Trinajstić information content (AvgIpc) is 3.10. The van der Waals surface area contributed by atoms with Crippen LogP contribution < -0.4 is 16.0 Å². The second-order valence-corrected chi connectivity index (χ2v) is 5.93. The number of rotatable bonds is 6. The Morgan fingerprint density at radius 3 is 3.05 bits per heavy atom. The maximum atomic E-state index is 12.3. The summed E-state index contributed by atoms with van der Waals surface area (Å²) in [7, 11) is 0. The molecule has 0 aromatic carbocycles. The van der Waals surface area contributed by atoms with Crippen molar-refractivity contribution < 1.29 is 9.53 Å². The van der Waals surface area contributed by atoms with E-state index in [1.807, 2.05) is 0 Å². The lowest BCUT2D eigenvalue weighted by molar-refractivity contribution is -0.117. The first kappa shape index (κ1) is 15.0. The first-order valence-corrected chi connectivity index (χ1v) is 7.97. The summed E-state index contributed by atoms with van der Waals surface area (Å²) in [5.74, 6) is 2.01. The first-order chi connectivity index (χ1) is 10.7. The van der Waals surface area contributed by atoms with Crippen molar-refractivity contribution in [1.82, 2.24) is 9.97 Å². The van der Waals surface area contributed by atoms with Crippen molar-refractivity contribution in [3.8, 4) is 0 Å². The lowest BCUT2D eigenvalue weighted by Gasteiger charge is -2.20. The molecule has 3 N–H and O–H groups in total. The van der Waals surface area contributed by atoms with Gasteiger partial charge in [-0.1, -0.05) is 13.3 Å². The second-order valence-electron chi connectivity index (χ2n) is 5.93. The number of nitrogens with two attached hydrogens (primary N) is 1. The molecule has 22 heavy (non-hydrogen) atoms. The van der Waals surface area contributed by atoms with Gasteiger partial charge in [0.25, 0.3) is 0 Å². The normalized spacial score (nSPS) is 20.5. The standard InChI is InChI=1S/C15H23N5O2/c1-2-3-5-17-15-18-13(16)11-7-12(21)20(14(11)19-15)8-10-4-6-22-9-10/h10H,2-9H2,1H3,(H3,16,17,18,19). The lowest BCUT2D eigenvalue weighted by Crippen LogP contribution is -2.33. The largest absolute Gasteiger partial charge is 0.383 e. The van der Waals surface area contributed by atoms with Gasteiger partial charge in [0.15, 0.2) is 0 Å². The van der Waals surface area contributed by atoms with Crippen LogP contribution in [0.25, 0.3) is 0 Å². The van der Waals surface area contributed by atoms with Crippen LogP contribution in [0.2, 0.25) is 0 Å². The fraction of sp³-hybridized carbons (Fsp3) is 0.667. The van der Waals surface area contributed by atoms with Gasteiger partial charge < -0.3 is 15.8 Å². The number of nitrogens with zero attached hydrogens (tertiary/aromatic N) is 3. The third-order valence-electron chi connectivity index (χ3n) is 4.18. The zero-order valence-electron chi connectivity index (χ0n) is 13.0. The van der Waals surface area contributed by atoms with E-state index >= 15 is 0 Å². The molecule has 7 nitrogen and oxygen atoms in total. The molecule has 0 bridgehead atoms. The van der Waals surface area contributed by atoms with Gasteiger partial charge in [-0.15, -0.1) is 0 Å². The molecular weight excluding hydrogens is 282 g/mol. The Labute approximate surface area is 130 Å². The van der Waals surface area contributed by atoms with Gasteiger partial charge in [0.2, 0.25) is 11.9 Å². The Morgan fingerprint density at radius 1 is 1.45 bits per heavy atom. The molecule has 120 valence electrons. The fourth-order valence-corrected chi connectivity index (χ4v) is 2.88. The van der Waals surface area contributed by atoms with E-state index in [0.717, 1.165) is 38.0 Å². The Balaban J connectivity index is 1.79. The number of unbranched alkanes of at least 4 members (excludes halogenated alkanes) is 1. The molecule has 1 saturated heterocycles. The fourth-order valence-electron chi connectivity index (χ4n) is 2.88. The molecule has 1 fully saturated rings. The molecule has 3 heterocycles. The molecule has 0 radical (unpaired) electrons. The van der Waals surface area contributed by atoms with Crippen LogP contribution in [0.15, 0.2) is 0 Å². The van der Waals surface area contributed by atoms with E-state index in [1.54, 1.807) is 4.90 Å². The van der Waals surface area contributed by atoms with Crippen molar-refractivity contribution in [1.29, 1.82) is 0 Å². The van der Waals surface area contributed by atoms with Gasteiger partial charge >= 0.3 is 0 Å². The highest BCUT2D eigenvalue weighted by Gasteiger charge is 2.34. The molecule has 1 amide bonds. The summed E-state index contributed by atoms with van der Waals surface area (Å²) in [6.45, 7) is 5.07. The van der Waals surface area contributed by atoms with E-state index in [9.17, 15) is 4.79 Å². The molecule has 3 rings (SSSR count). The van der Waals surface area contributed by atoms with E-state index in [2.05, 4.69) is 22.2 Å². The number of amides is 1. The SMILES string of the molecule is CCCCNc1nc(N)c2c(n1)N(CC1CCOC1)C(=O)C2. The van der Waals surface area contributed by atoms with Gasteiger partial charge in [-0.3, -0.25) is 9.69 Å². The number of nitrogens with one attached hydrogen (secondary N) is 1. The smallest absolute Gasteiger partial charge is 0.232 e. The average molecular weight is 305 g/mol. The van der Waals surface area contributed by atoms with Crippen molar-refractivity contribution in [2.24, 2.45) is 5.92 Å². The third kappa shape index (κ3) is 2.99. The van der Waals surface area contributed by atoms with Crippen LogP contribution in [-0.4, -0.2) is 42.2 Å². The Morgan fingerprint density at radius 2 is 2.32 bits per heavy atom. The molecule has 7 heteroatoms. The number of carbonyl (C=O) groups is 1. The number of hydrogen-bond donors (Lipinski definition) is 2. The van der Waals surface area contributed by atoms with Crippen molar-refractivity contribution in [3.63, 3.8) is 0 Å². The van der Waals surface area contributed by atoms with Crippen molar-refractivity contribution in [3.05, 3.63) is 5.56 Å². The minimum Gasteiger partial charge on any atom is -0.383 e. The number of carbonyl (C=O) groups excluding carboxylic acids is 1. The summed E-state index contributed by atoms with van der Waals surface area (Å²) in [6.07, 6.45) is 3.42. The summed E-state index contributed by atoms with van der Waals surface area (Å²) in [4.78, 5) is 22.8. The monoisotopic (exact) mass is 305 g/mol. The first-order valence-electron chi connectivity index (χ1n) is 7.97. The van der Waals surface area contributed by atoms with Gasteiger partial charge in [-0.05, 0) is 12.8 Å². The van der Waals surface area contributed by atoms with Crippen LogP contribution in [0, 0.1) is 5.92 Å². The van der Waals surface area contributed by atoms with E-state index < -0.39 is 0 Å². The maximum absolute atomic E-state index is 12.3. The van der Waals surface area contributed by atoms with E-state index in [0.29, 0.717) is 43.1 Å². The molecule has 1 unspecified atom stereocenters. The predicted octanol–water partition coefficient (Wildman–Crippen LogP) is 1.20. The molecule has 1 atom stereocenters. The number of anilines is 3. The van der Waals surface area contributed by atoms with Crippen molar-refractivity contribution in [2.75, 3.05) is 42.3 Å². The Kier molecular flexibility index (Phi) is 4.42. The summed E-state index contributed by atoms with van der Waals surface area (Å²) < 4.78 is 5.40. The third-order valence-corrected chi connectivity index (χ3v) is 4.18. The zero-order chi connectivity index (χ0) is 15.5. The minimum absolute atomic E-state index is 0.0496. The highest BCUT2D eigenvalue weighted by molar-refractivity contribution is 6.01. The zero-order valence-corrected chi connectivity index (χ0v) is 13.0. The van der Waals surface area contributed by atoms with E-state index in [-0.39, 0.29) is 5.91 Å². The van der Waals surface area contributed by atoms with Crippen LogP contribution in [0.5, 0.6) is 0 Å². The van der Waals surface area contributed by atoms with E-state index in [1.165, 1.54) is 0 Å². The second kappa shape index (κ2) is 6.48. The van der Waals surface area contributed by atoms with E-state index in [4.69, 9.17) is 10.5 Å². The van der Waals surface area contributed by atoms with Gasteiger partial charge in [0.05, 0.1) is 13.0 Å². The molecule has 1 aromatic heterocycles. The number of fused-ring (bicyclic) bond motifs is 1. The summed E-state index contributed by atoms with van der Waals surface area (Å²) in [5.41, 5.74) is 6.77. The van der Waals surface area contributed by atoms with Crippen LogP contribution in [0.4, 0.5) is 17.6 Å². The summed E-state index contributed by atoms with van der Waals surface area (Å²) in [5, 5.41) is 3.18. The summed E-state index contributed by atoms with van der Waals surface area (Å²) >= 11 is 0. The number of aromatic nitrogens is 2. The predicted molar refractivity (Wildman–Crippen MR) is 84.8 cm³/mol. The highest BCUT2D eigenvalue weighted by atomic mass is 16.5. The topological polar surface area (TPSA) is 93.4 Å². The molecule has 0 saturated carbocycles. The maximum Gasteiger partial charge on any atom is 0.232 e. The van der Waals surface area contributed by atoms with Crippen LogP contribution in [0.3, 0.4) is 0 Å². The summed E-state index contributed by atoms with van der Waals surface area (Å²) in [6, 6.07) is 0. The molecule has 2 aliphatic heterocycles.